The number of nitrogens with two attached hydrogens (primary N) is 1. The van der Waals surface area contributed by atoms with Gasteiger partial charge in [-0.3, -0.25) is 0 Å². The third-order valence-electron chi connectivity index (χ3n) is 3.14. The van der Waals surface area contributed by atoms with E-state index >= 15 is 0 Å². The van der Waals surface area contributed by atoms with Crippen LogP contribution in [-0.4, -0.2) is 20.1 Å². The van der Waals surface area contributed by atoms with Crippen molar-refractivity contribution in [3.05, 3.63) is 53.8 Å². The summed E-state index contributed by atoms with van der Waals surface area (Å²) in [4.78, 5) is 1.97. The second-order valence-corrected chi connectivity index (χ2v) is 5.40. The van der Waals surface area contributed by atoms with Gasteiger partial charge >= 0.3 is 0 Å². The highest BCUT2D eigenvalue weighted by Crippen LogP contribution is 2.30. The standard InChI is InChI=1S/C17H21FN2O/c1-12(19)10-13-6-4-9-16(18)17(13)21-15-8-5-7-14(11-15)20(2)3/h4-9,11-12H,10,19H2,1-3H3. The van der Waals surface area contributed by atoms with Crippen LogP contribution in [0.25, 0.3) is 0 Å². The van der Waals surface area contributed by atoms with Crippen LogP contribution >= 0.6 is 0 Å². The normalized spacial score (nSPS) is 12.0. The number of nitrogens with zero attached hydrogens (tertiary/aromatic N) is 1. The Kier molecular flexibility index (Phi) is 4.81. The summed E-state index contributed by atoms with van der Waals surface area (Å²) in [6.45, 7) is 1.89. The minimum absolute atomic E-state index is 0.0535. The Morgan fingerprint density at radius 1 is 1.19 bits per heavy atom. The lowest BCUT2D eigenvalue weighted by Gasteiger charge is -2.16. The summed E-state index contributed by atoms with van der Waals surface area (Å²) in [6, 6.07) is 12.4. The summed E-state index contributed by atoms with van der Waals surface area (Å²) < 4.78 is 19.8. The number of rotatable bonds is 5. The summed E-state index contributed by atoms with van der Waals surface area (Å²) in [5, 5.41) is 0. The van der Waals surface area contributed by atoms with Crippen molar-refractivity contribution in [1.29, 1.82) is 0 Å². The Morgan fingerprint density at radius 2 is 1.90 bits per heavy atom. The summed E-state index contributed by atoms with van der Waals surface area (Å²) in [5.41, 5.74) is 7.59. The molecule has 112 valence electrons. The lowest BCUT2D eigenvalue weighted by Crippen LogP contribution is -2.18. The fraction of sp³-hybridized carbons (Fsp3) is 0.294. The van der Waals surface area contributed by atoms with Gasteiger partial charge in [0, 0.05) is 31.9 Å². The highest BCUT2D eigenvalue weighted by atomic mass is 19.1. The molecular weight excluding hydrogens is 267 g/mol. The van der Waals surface area contributed by atoms with E-state index in [0.29, 0.717) is 12.2 Å². The molecular formula is C17H21FN2O. The average Bonchev–Trinajstić information content (AvgIpc) is 2.42. The zero-order chi connectivity index (χ0) is 15.4. The van der Waals surface area contributed by atoms with E-state index in [2.05, 4.69) is 0 Å². The Labute approximate surface area is 125 Å². The molecule has 0 spiro atoms. The van der Waals surface area contributed by atoms with Crippen LogP contribution in [0.5, 0.6) is 11.5 Å². The van der Waals surface area contributed by atoms with Gasteiger partial charge in [-0.25, -0.2) is 4.39 Å². The van der Waals surface area contributed by atoms with E-state index in [1.807, 2.05) is 56.3 Å². The van der Waals surface area contributed by atoms with Crippen LogP contribution in [0.2, 0.25) is 0 Å². The highest BCUT2D eigenvalue weighted by Gasteiger charge is 2.12. The van der Waals surface area contributed by atoms with E-state index in [0.717, 1.165) is 11.3 Å². The molecule has 0 radical (unpaired) electrons. The maximum absolute atomic E-state index is 14.1. The van der Waals surface area contributed by atoms with Gasteiger partial charge in [0.1, 0.15) is 5.75 Å². The number of anilines is 1. The van der Waals surface area contributed by atoms with E-state index < -0.39 is 0 Å². The Morgan fingerprint density at radius 3 is 2.57 bits per heavy atom. The van der Waals surface area contributed by atoms with Crippen molar-refractivity contribution in [3.63, 3.8) is 0 Å². The van der Waals surface area contributed by atoms with Gasteiger partial charge in [-0.15, -0.1) is 0 Å². The first-order valence-electron chi connectivity index (χ1n) is 6.95. The van der Waals surface area contributed by atoms with E-state index in [4.69, 9.17) is 10.5 Å². The molecule has 0 amide bonds. The van der Waals surface area contributed by atoms with Gasteiger partial charge in [-0.1, -0.05) is 18.2 Å². The van der Waals surface area contributed by atoms with Gasteiger partial charge in [-0.2, -0.15) is 0 Å². The number of hydrogen-bond donors (Lipinski definition) is 1. The first-order valence-corrected chi connectivity index (χ1v) is 6.95. The molecule has 21 heavy (non-hydrogen) atoms. The third-order valence-corrected chi connectivity index (χ3v) is 3.14. The fourth-order valence-electron chi connectivity index (χ4n) is 2.12. The molecule has 2 aromatic rings. The van der Waals surface area contributed by atoms with E-state index in [1.54, 1.807) is 6.07 Å². The molecule has 0 bridgehead atoms. The largest absolute Gasteiger partial charge is 0.454 e. The number of hydrogen-bond acceptors (Lipinski definition) is 3. The number of para-hydroxylation sites is 1. The molecule has 0 saturated heterocycles. The Hall–Kier alpha value is -2.07. The summed E-state index contributed by atoms with van der Waals surface area (Å²) in [5.74, 6) is 0.492. The molecule has 2 N–H and O–H groups in total. The molecule has 0 saturated carbocycles. The second kappa shape index (κ2) is 6.59. The fourth-order valence-corrected chi connectivity index (χ4v) is 2.12. The van der Waals surface area contributed by atoms with E-state index in [9.17, 15) is 4.39 Å². The SMILES string of the molecule is CC(N)Cc1cccc(F)c1Oc1cccc(N(C)C)c1. The van der Waals surface area contributed by atoms with Gasteiger partial charge in [0.15, 0.2) is 11.6 Å². The van der Waals surface area contributed by atoms with E-state index in [-0.39, 0.29) is 17.6 Å². The van der Waals surface area contributed by atoms with Gasteiger partial charge in [-0.05, 0) is 37.1 Å². The quantitative estimate of drug-likeness (QED) is 0.914. The summed E-state index contributed by atoms with van der Waals surface area (Å²) >= 11 is 0. The molecule has 0 aliphatic rings. The molecule has 0 heterocycles. The molecule has 4 heteroatoms. The van der Waals surface area contributed by atoms with Crippen LogP contribution in [0.4, 0.5) is 10.1 Å². The van der Waals surface area contributed by atoms with Crippen LogP contribution in [-0.2, 0) is 6.42 Å². The van der Waals surface area contributed by atoms with Crippen molar-refractivity contribution in [1.82, 2.24) is 0 Å². The van der Waals surface area contributed by atoms with Crippen LogP contribution in [0.1, 0.15) is 12.5 Å². The van der Waals surface area contributed by atoms with Crippen LogP contribution < -0.4 is 15.4 Å². The first-order chi connectivity index (χ1) is 9.97. The van der Waals surface area contributed by atoms with Gasteiger partial charge in [0.25, 0.3) is 0 Å². The van der Waals surface area contributed by atoms with Crippen molar-refractivity contribution >= 4 is 5.69 Å². The van der Waals surface area contributed by atoms with Crippen molar-refractivity contribution in [3.8, 4) is 11.5 Å². The zero-order valence-electron chi connectivity index (χ0n) is 12.6. The third kappa shape index (κ3) is 3.95. The summed E-state index contributed by atoms with van der Waals surface area (Å²) in [7, 11) is 3.90. The van der Waals surface area contributed by atoms with Gasteiger partial charge in [0.05, 0.1) is 0 Å². The van der Waals surface area contributed by atoms with Crippen molar-refractivity contribution in [2.45, 2.75) is 19.4 Å². The number of halogens is 1. The minimum Gasteiger partial charge on any atom is -0.454 e. The zero-order valence-corrected chi connectivity index (χ0v) is 12.6. The van der Waals surface area contributed by atoms with Gasteiger partial charge in [0.2, 0.25) is 0 Å². The van der Waals surface area contributed by atoms with Crippen LogP contribution in [0.3, 0.4) is 0 Å². The molecule has 0 aliphatic carbocycles. The molecule has 3 nitrogen and oxygen atoms in total. The number of ether oxygens (including phenoxy) is 1. The lowest BCUT2D eigenvalue weighted by atomic mass is 10.1. The smallest absolute Gasteiger partial charge is 0.166 e. The molecule has 1 unspecified atom stereocenters. The predicted octanol–water partition coefficient (Wildman–Crippen LogP) is 3.57. The lowest BCUT2D eigenvalue weighted by molar-refractivity contribution is 0.434. The van der Waals surface area contributed by atoms with Crippen molar-refractivity contribution in [2.24, 2.45) is 5.73 Å². The molecule has 1 atom stereocenters. The Balaban J connectivity index is 2.32. The second-order valence-electron chi connectivity index (χ2n) is 5.40. The molecule has 2 rings (SSSR count). The maximum atomic E-state index is 14.1. The monoisotopic (exact) mass is 288 g/mol. The van der Waals surface area contributed by atoms with Crippen LogP contribution in [0.15, 0.2) is 42.5 Å². The Bertz CT molecular complexity index is 611. The van der Waals surface area contributed by atoms with Crippen LogP contribution in [0, 0.1) is 5.82 Å². The topological polar surface area (TPSA) is 38.5 Å². The highest BCUT2D eigenvalue weighted by molar-refractivity contribution is 5.51. The molecule has 2 aromatic carbocycles. The first kappa shape index (κ1) is 15.3. The summed E-state index contributed by atoms with van der Waals surface area (Å²) in [6.07, 6.45) is 0.570. The minimum atomic E-state index is -0.372. The van der Waals surface area contributed by atoms with Gasteiger partial charge < -0.3 is 15.4 Å². The maximum Gasteiger partial charge on any atom is 0.166 e. The number of benzene rings is 2. The van der Waals surface area contributed by atoms with Crippen molar-refractivity contribution in [2.75, 3.05) is 19.0 Å². The molecule has 0 fully saturated rings. The predicted molar refractivity (Wildman–Crippen MR) is 84.6 cm³/mol. The molecule has 0 aromatic heterocycles. The van der Waals surface area contributed by atoms with E-state index in [1.165, 1.54) is 6.07 Å². The average molecular weight is 288 g/mol. The molecule has 0 aliphatic heterocycles. The van der Waals surface area contributed by atoms with Crippen molar-refractivity contribution < 1.29 is 9.13 Å².